The molecule has 0 aromatic carbocycles. The van der Waals surface area contributed by atoms with Crippen molar-refractivity contribution in [3.8, 4) is 0 Å². The Morgan fingerprint density at radius 3 is 2.03 bits per heavy atom. The molecule has 0 spiro atoms. The van der Waals surface area contributed by atoms with Gasteiger partial charge in [0.25, 0.3) is 0 Å². The number of hydrogen-bond acceptors (Lipinski definition) is 8. The lowest BCUT2D eigenvalue weighted by atomic mass is 10.1. The number of carbonyl (C=O) groups is 7. The topological polar surface area (TPSA) is 260 Å². The molecule has 1 rings (SSSR count). The summed E-state index contributed by atoms with van der Waals surface area (Å²) >= 11 is 0. The van der Waals surface area contributed by atoms with Crippen LogP contribution in [0.15, 0.2) is 0 Å². The van der Waals surface area contributed by atoms with Gasteiger partial charge >= 0.3 is 17.9 Å². The number of likely N-dealkylation sites (tertiary alicyclic amines) is 1. The van der Waals surface area contributed by atoms with E-state index in [9.17, 15) is 38.7 Å². The largest absolute Gasteiger partial charge is 0.481 e. The number of hydrogen-bond donors (Lipinski definition) is 7. The number of nitrogens with two attached hydrogens (primary N) is 2. The van der Waals surface area contributed by atoms with E-state index in [1.165, 1.54) is 0 Å². The first kappa shape index (κ1) is 27.3. The normalized spacial score (nSPS) is 18.0. The minimum absolute atomic E-state index is 0.0641. The lowest BCUT2D eigenvalue weighted by Crippen LogP contribution is -2.58. The van der Waals surface area contributed by atoms with E-state index in [0.29, 0.717) is 6.42 Å². The highest BCUT2D eigenvalue weighted by atomic mass is 16.4. The number of carbonyl (C=O) groups excluding carboxylic acids is 4. The zero-order chi connectivity index (χ0) is 25.3. The Bertz CT molecular complexity index is 816. The van der Waals surface area contributed by atoms with Crippen molar-refractivity contribution < 1.29 is 48.9 Å². The van der Waals surface area contributed by atoms with Crippen molar-refractivity contribution in [2.45, 2.75) is 62.7 Å². The molecule has 15 heteroatoms. The number of aliphatic carboxylic acids is 3. The molecule has 4 amide bonds. The van der Waals surface area contributed by atoms with E-state index in [4.69, 9.17) is 21.7 Å². The van der Waals surface area contributed by atoms with Gasteiger partial charge in [0.05, 0.1) is 18.9 Å². The Morgan fingerprint density at radius 2 is 1.52 bits per heavy atom. The van der Waals surface area contributed by atoms with Crippen LogP contribution in [0.1, 0.15) is 38.5 Å². The number of rotatable bonds is 13. The molecule has 0 aromatic rings. The Labute approximate surface area is 187 Å². The summed E-state index contributed by atoms with van der Waals surface area (Å²) in [5, 5.41) is 31.2. The molecule has 9 N–H and O–H groups in total. The summed E-state index contributed by atoms with van der Waals surface area (Å²) in [5.41, 5.74) is 10.7. The second kappa shape index (κ2) is 12.3. The molecule has 0 radical (unpaired) electrons. The van der Waals surface area contributed by atoms with E-state index in [-0.39, 0.29) is 19.4 Å². The van der Waals surface area contributed by atoms with Gasteiger partial charge in [0.15, 0.2) is 0 Å². The van der Waals surface area contributed by atoms with Crippen molar-refractivity contribution in [3.05, 3.63) is 0 Å². The molecule has 4 unspecified atom stereocenters. The molecule has 1 fully saturated rings. The van der Waals surface area contributed by atoms with Crippen molar-refractivity contribution >= 4 is 41.5 Å². The maximum absolute atomic E-state index is 12.8. The second-order valence-corrected chi connectivity index (χ2v) is 7.46. The van der Waals surface area contributed by atoms with Crippen molar-refractivity contribution in [2.24, 2.45) is 11.5 Å². The van der Waals surface area contributed by atoms with E-state index < -0.39 is 85.0 Å². The van der Waals surface area contributed by atoms with E-state index in [2.05, 4.69) is 10.6 Å². The van der Waals surface area contributed by atoms with Gasteiger partial charge in [0, 0.05) is 13.0 Å². The van der Waals surface area contributed by atoms with Crippen molar-refractivity contribution in [1.82, 2.24) is 15.5 Å². The molecule has 15 nitrogen and oxygen atoms in total. The average molecular weight is 473 g/mol. The highest BCUT2D eigenvalue weighted by molar-refractivity contribution is 5.97. The van der Waals surface area contributed by atoms with Crippen LogP contribution in [-0.4, -0.2) is 92.5 Å². The van der Waals surface area contributed by atoms with E-state index in [1.54, 1.807) is 0 Å². The van der Waals surface area contributed by atoms with Crippen LogP contribution in [0.3, 0.4) is 0 Å². The summed E-state index contributed by atoms with van der Waals surface area (Å²) in [5.74, 6) is -8.01. The van der Waals surface area contributed by atoms with E-state index in [0.717, 1.165) is 4.90 Å². The SMILES string of the molecule is NC(=O)CC(NC(=O)C(CC(=O)O)NC(=O)C(N)CCC(=O)O)C(=O)N1CCCC1C(=O)O. The molecule has 1 aliphatic heterocycles. The maximum atomic E-state index is 12.8. The van der Waals surface area contributed by atoms with Crippen LogP contribution < -0.4 is 22.1 Å². The van der Waals surface area contributed by atoms with Crippen LogP contribution in [0.4, 0.5) is 0 Å². The molecular weight excluding hydrogens is 446 g/mol. The smallest absolute Gasteiger partial charge is 0.326 e. The lowest BCUT2D eigenvalue weighted by Gasteiger charge is -2.28. The molecule has 1 saturated heterocycles. The summed E-state index contributed by atoms with van der Waals surface area (Å²) < 4.78 is 0. The summed E-state index contributed by atoms with van der Waals surface area (Å²) in [6.07, 6.45) is -1.78. The molecule has 0 aliphatic carbocycles. The molecule has 4 atom stereocenters. The number of amides is 4. The van der Waals surface area contributed by atoms with Crippen LogP contribution >= 0.6 is 0 Å². The van der Waals surface area contributed by atoms with Crippen LogP contribution in [0.5, 0.6) is 0 Å². The molecule has 0 aromatic heterocycles. The van der Waals surface area contributed by atoms with Crippen LogP contribution in [0.25, 0.3) is 0 Å². The highest BCUT2D eigenvalue weighted by Crippen LogP contribution is 2.19. The molecular formula is C18H27N5O10. The van der Waals surface area contributed by atoms with Gasteiger partial charge in [-0.05, 0) is 19.3 Å². The van der Waals surface area contributed by atoms with Crippen molar-refractivity contribution in [3.63, 3.8) is 0 Å². The number of carboxylic acids is 3. The fraction of sp³-hybridized carbons (Fsp3) is 0.611. The predicted octanol–water partition coefficient (Wildman–Crippen LogP) is -3.43. The van der Waals surface area contributed by atoms with Gasteiger partial charge in [-0.2, -0.15) is 0 Å². The fourth-order valence-electron chi connectivity index (χ4n) is 3.23. The van der Waals surface area contributed by atoms with Crippen LogP contribution in [0.2, 0.25) is 0 Å². The van der Waals surface area contributed by atoms with Crippen LogP contribution in [-0.2, 0) is 33.6 Å². The average Bonchev–Trinajstić information content (AvgIpc) is 3.19. The third-order valence-corrected chi connectivity index (χ3v) is 4.86. The first-order chi connectivity index (χ1) is 15.3. The van der Waals surface area contributed by atoms with Gasteiger partial charge < -0.3 is 42.3 Å². The third-order valence-electron chi connectivity index (χ3n) is 4.86. The summed E-state index contributed by atoms with van der Waals surface area (Å²) in [7, 11) is 0. The van der Waals surface area contributed by atoms with Gasteiger partial charge in [-0.15, -0.1) is 0 Å². The van der Waals surface area contributed by atoms with E-state index in [1.807, 2.05) is 0 Å². The molecule has 0 saturated carbocycles. The van der Waals surface area contributed by atoms with E-state index >= 15 is 0 Å². The predicted molar refractivity (Wildman–Crippen MR) is 107 cm³/mol. The van der Waals surface area contributed by atoms with Gasteiger partial charge in [-0.3, -0.25) is 28.8 Å². The molecule has 0 bridgehead atoms. The zero-order valence-corrected chi connectivity index (χ0v) is 17.6. The summed E-state index contributed by atoms with van der Waals surface area (Å²) in [4.78, 5) is 83.2. The fourth-order valence-corrected chi connectivity index (χ4v) is 3.23. The molecule has 1 heterocycles. The highest BCUT2D eigenvalue weighted by Gasteiger charge is 2.39. The summed E-state index contributed by atoms with van der Waals surface area (Å²) in [6, 6.07) is -5.83. The Balaban J connectivity index is 2.99. The number of nitrogens with one attached hydrogen (secondary N) is 2. The number of nitrogens with zero attached hydrogens (tertiary/aromatic N) is 1. The maximum Gasteiger partial charge on any atom is 0.326 e. The molecule has 33 heavy (non-hydrogen) atoms. The Kier molecular flexibility index (Phi) is 10.2. The first-order valence-electron chi connectivity index (χ1n) is 9.95. The molecule has 184 valence electrons. The quantitative estimate of drug-likeness (QED) is 0.138. The number of carboxylic acid groups (broad SMARTS) is 3. The Hall–Kier alpha value is -3.75. The van der Waals surface area contributed by atoms with Gasteiger partial charge in [-0.1, -0.05) is 0 Å². The van der Waals surface area contributed by atoms with Gasteiger partial charge in [-0.25, -0.2) is 4.79 Å². The van der Waals surface area contributed by atoms with Crippen molar-refractivity contribution in [2.75, 3.05) is 6.54 Å². The second-order valence-electron chi connectivity index (χ2n) is 7.46. The zero-order valence-electron chi connectivity index (χ0n) is 17.6. The third kappa shape index (κ3) is 8.72. The monoisotopic (exact) mass is 473 g/mol. The van der Waals surface area contributed by atoms with Gasteiger partial charge in [0.1, 0.15) is 18.1 Å². The lowest BCUT2D eigenvalue weighted by molar-refractivity contribution is -0.150. The Morgan fingerprint density at radius 1 is 0.909 bits per heavy atom. The van der Waals surface area contributed by atoms with Crippen LogP contribution in [0, 0.1) is 0 Å². The first-order valence-corrected chi connectivity index (χ1v) is 9.95. The minimum atomic E-state index is -1.72. The minimum Gasteiger partial charge on any atom is -0.481 e. The molecule has 1 aliphatic rings. The standard InChI is InChI=1S/C18H27N5O10/c19-8(3-4-13(25)26)15(29)21-9(7-14(27)28)16(30)22-10(6-12(20)24)17(31)23-5-1-2-11(23)18(32)33/h8-11H,1-7,19H2,(H2,20,24)(H,21,29)(H,22,30)(H,25,26)(H,27,28)(H,32,33). The summed E-state index contributed by atoms with van der Waals surface area (Å²) in [6.45, 7) is 0.0641. The van der Waals surface area contributed by atoms with Gasteiger partial charge in [0.2, 0.25) is 23.6 Å². The van der Waals surface area contributed by atoms with Crippen molar-refractivity contribution in [1.29, 1.82) is 0 Å². The number of primary amides is 1.